The Bertz CT molecular complexity index is 413. The molecule has 0 unspecified atom stereocenters. The van der Waals surface area contributed by atoms with Crippen LogP contribution in [0.3, 0.4) is 0 Å². The van der Waals surface area contributed by atoms with E-state index in [-0.39, 0.29) is 0 Å². The summed E-state index contributed by atoms with van der Waals surface area (Å²) in [6.45, 7) is 2.74. The van der Waals surface area contributed by atoms with Gasteiger partial charge in [-0.05, 0) is 38.8 Å². The number of hydrogen-bond donors (Lipinski definition) is 1. The summed E-state index contributed by atoms with van der Waals surface area (Å²) in [6.07, 6.45) is 5.38. The Hall–Kier alpha value is -1.06. The monoisotopic (exact) mass is 260 g/mol. The topological polar surface area (TPSA) is 24.5 Å². The van der Waals surface area contributed by atoms with E-state index in [1.54, 1.807) is 0 Å². The van der Waals surface area contributed by atoms with Gasteiger partial charge in [0.15, 0.2) is 0 Å². The molecular formula is C16H24N2O. The fraction of sp³-hybridized carbons (Fsp3) is 0.625. The second kappa shape index (κ2) is 5.93. The molecule has 0 heterocycles. The maximum atomic E-state index is 5.96. The van der Waals surface area contributed by atoms with E-state index >= 15 is 0 Å². The number of hydrogen-bond acceptors (Lipinski definition) is 3. The van der Waals surface area contributed by atoms with Crippen LogP contribution in [-0.2, 0) is 6.54 Å². The second-order valence-electron chi connectivity index (χ2n) is 5.82. The summed E-state index contributed by atoms with van der Waals surface area (Å²) in [5.41, 5.74) is 1.28. The molecule has 2 fully saturated rings. The minimum atomic E-state index is 0.744. The summed E-state index contributed by atoms with van der Waals surface area (Å²) in [5.74, 6) is 1.04. The van der Waals surface area contributed by atoms with E-state index in [1.165, 1.54) is 31.2 Å². The standard InChI is InChI=1S/C16H24N2O/c1-18(15-8-9-15)10-11-19-16-5-3-2-4-13(16)12-17-14-6-7-14/h2-5,14-15,17H,6-12H2,1H3. The van der Waals surface area contributed by atoms with Crippen LogP contribution in [0.15, 0.2) is 24.3 Å². The highest BCUT2D eigenvalue weighted by Crippen LogP contribution is 2.25. The molecule has 3 heteroatoms. The van der Waals surface area contributed by atoms with Gasteiger partial charge in [0.05, 0.1) is 0 Å². The van der Waals surface area contributed by atoms with Gasteiger partial charge in [-0.15, -0.1) is 0 Å². The predicted octanol–water partition coefficient (Wildman–Crippen LogP) is 2.41. The largest absolute Gasteiger partial charge is 0.492 e. The van der Waals surface area contributed by atoms with Gasteiger partial charge in [-0.2, -0.15) is 0 Å². The van der Waals surface area contributed by atoms with Crippen molar-refractivity contribution in [3.05, 3.63) is 29.8 Å². The van der Waals surface area contributed by atoms with Crippen molar-refractivity contribution >= 4 is 0 Å². The fourth-order valence-corrected chi connectivity index (χ4v) is 2.33. The molecular weight excluding hydrogens is 236 g/mol. The zero-order valence-electron chi connectivity index (χ0n) is 11.8. The first-order valence-electron chi connectivity index (χ1n) is 7.47. The molecule has 0 aliphatic heterocycles. The van der Waals surface area contributed by atoms with Gasteiger partial charge < -0.3 is 15.0 Å². The SMILES string of the molecule is CN(CCOc1ccccc1CNC1CC1)C1CC1. The Morgan fingerprint density at radius 3 is 2.74 bits per heavy atom. The molecule has 0 saturated heterocycles. The first-order chi connectivity index (χ1) is 9.33. The van der Waals surface area contributed by atoms with Gasteiger partial charge in [-0.25, -0.2) is 0 Å². The van der Waals surface area contributed by atoms with Gasteiger partial charge in [0.2, 0.25) is 0 Å². The van der Waals surface area contributed by atoms with Crippen molar-refractivity contribution in [2.75, 3.05) is 20.2 Å². The molecule has 1 aromatic carbocycles. The lowest BCUT2D eigenvalue weighted by molar-refractivity contribution is 0.230. The Morgan fingerprint density at radius 1 is 1.21 bits per heavy atom. The summed E-state index contributed by atoms with van der Waals surface area (Å²) >= 11 is 0. The third kappa shape index (κ3) is 3.95. The molecule has 19 heavy (non-hydrogen) atoms. The average Bonchev–Trinajstić information content (AvgIpc) is 3.30. The van der Waals surface area contributed by atoms with Gasteiger partial charge in [-0.3, -0.25) is 0 Å². The molecule has 0 amide bonds. The molecule has 1 N–H and O–H groups in total. The normalized spacial score (nSPS) is 18.8. The molecule has 2 aliphatic carbocycles. The Morgan fingerprint density at radius 2 is 2.00 bits per heavy atom. The van der Waals surface area contributed by atoms with Crippen LogP contribution in [0.25, 0.3) is 0 Å². The van der Waals surface area contributed by atoms with Crippen LogP contribution < -0.4 is 10.1 Å². The van der Waals surface area contributed by atoms with E-state index in [9.17, 15) is 0 Å². The van der Waals surface area contributed by atoms with Crippen molar-refractivity contribution in [2.45, 2.75) is 44.3 Å². The number of likely N-dealkylation sites (N-methyl/N-ethyl adjacent to an activating group) is 1. The quantitative estimate of drug-likeness (QED) is 0.777. The lowest BCUT2D eigenvalue weighted by atomic mass is 10.2. The summed E-state index contributed by atoms with van der Waals surface area (Å²) in [4.78, 5) is 2.41. The number of benzene rings is 1. The van der Waals surface area contributed by atoms with Crippen LogP contribution in [0, 0.1) is 0 Å². The Balaban J connectivity index is 1.47. The fourth-order valence-electron chi connectivity index (χ4n) is 2.33. The molecule has 0 atom stereocenters. The zero-order chi connectivity index (χ0) is 13.1. The smallest absolute Gasteiger partial charge is 0.123 e. The van der Waals surface area contributed by atoms with Gasteiger partial charge in [0.1, 0.15) is 12.4 Å². The molecule has 3 rings (SSSR count). The average molecular weight is 260 g/mol. The minimum Gasteiger partial charge on any atom is -0.492 e. The van der Waals surface area contributed by atoms with E-state index in [2.05, 4.69) is 41.5 Å². The highest BCUT2D eigenvalue weighted by molar-refractivity contribution is 5.33. The van der Waals surface area contributed by atoms with E-state index in [4.69, 9.17) is 4.74 Å². The van der Waals surface area contributed by atoms with Crippen LogP contribution in [0.4, 0.5) is 0 Å². The second-order valence-corrected chi connectivity index (χ2v) is 5.82. The molecule has 0 bridgehead atoms. The van der Waals surface area contributed by atoms with E-state index in [0.717, 1.165) is 37.5 Å². The predicted molar refractivity (Wildman–Crippen MR) is 77.5 cm³/mol. The Labute approximate surface area is 115 Å². The van der Waals surface area contributed by atoms with Gasteiger partial charge in [0.25, 0.3) is 0 Å². The van der Waals surface area contributed by atoms with Crippen molar-refractivity contribution in [3.63, 3.8) is 0 Å². The van der Waals surface area contributed by atoms with Crippen molar-refractivity contribution < 1.29 is 4.74 Å². The molecule has 3 nitrogen and oxygen atoms in total. The molecule has 1 aromatic rings. The number of para-hydroxylation sites is 1. The maximum absolute atomic E-state index is 5.96. The zero-order valence-corrected chi connectivity index (χ0v) is 11.8. The third-order valence-corrected chi connectivity index (χ3v) is 4.00. The van der Waals surface area contributed by atoms with E-state index in [0.29, 0.717) is 0 Å². The molecule has 0 radical (unpaired) electrons. The highest BCUT2D eigenvalue weighted by atomic mass is 16.5. The van der Waals surface area contributed by atoms with Crippen LogP contribution in [0.2, 0.25) is 0 Å². The number of nitrogens with one attached hydrogen (secondary N) is 1. The number of ether oxygens (including phenoxy) is 1. The summed E-state index contributed by atoms with van der Waals surface area (Å²) < 4.78 is 5.96. The highest BCUT2D eigenvalue weighted by Gasteiger charge is 2.25. The summed E-state index contributed by atoms with van der Waals surface area (Å²) in [5, 5.41) is 3.55. The van der Waals surface area contributed by atoms with Crippen LogP contribution in [0.1, 0.15) is 31.2 Å². The molecule has 104 valence electrons. The van der Waals surface area contributed by atoms with E-state index in [1.807, 2.05) is 0 Å². The third-order valence-electron chi connectivity index (χ3n) is 4.00. The van der Waals surface area contributed by atoms with Gasteiger partial charge in [-0.1, -0.05) is 18.2 Å². The first-order valence-corrected chi connectivity index (χ1v) is 7.47. The molecule has 0 aromatic heterocycles. The first kappa shape index (κ1) is 12.9. The summed E-state index contributed by atoms with van der Waals surface area (Å²) in [7, 11) is 2.20. The Kier molecular flexibility index (Phi) is 4.04. The van der Waals surface area contributed by atoms with Crippen LogP contribution >= 0.6 is 0 Å². The van der Waals surface area contributed by atoms with Crippen LogP contribution in [-0.4, -0.2) is 37.2 Å². The summed E-state index contributed by atoms with van der Waals surface area (Å²) in [6, 6.07) is 9.95. The van der Waals surface area contributed by atoms with Gasteiger partial charge >= 0.3 is 0 Å². The minimum absolute atomic E-state index is 0.744. The maximum Gasteiger partial charge on any atom is 0.123 e. The van der Waals surface area contributed by atoms with E-state index < -0.39 is 0 Å². The number of nitrogens with zero attached hydrogens (tertiary/aromatic N) is 1. The molecule has 0 spiro atoms. The van der Waals surface area contributed by atoms with Crippen molar-refractivity contribution in [1.29, 1.82) is 0 Å². The number of rotatable bonds is 8. The van der Waals surface area contributed by atoms with Crippen LogP contribution in [0.5, 0.6) is 5.75 Å². The van der Waals surface area contributed by atoms with Crippen molar-refractivity contribution in [2.24, 2.45) is 0 Å². The lowest BCUT2D eigenvalue weighted by Gasteiger charge is -2.17. The molecule has 2 saturated carbocycles. The van der Waals surface area contributed by atoms with Crippen molar-refractivity contribution in [3.8, 4) is 5.75 Å². The molecule has 2 aliphatic rings. The van der Waals surface area contributed by atoms with Crippen molar-refractivity contribution in [1.82, 2.24) is 10.2 Å². The van der Waals surface area contributed by atoms with Gasteiger partial charge in [0, 0.05) is 30.7 Å². The lowest BCUT2D eigenvalue weighted by Crippen LogP contribution is -2.26.